The summed E-state index contributed by atoms with van der Waals surface area (Å²) in [5.74, 6) is -3.21. The summed E-state index contributed by atoms with van der Waals surface area (Å²) in [6.07, 6.45) is 0. The average Bonchev–Trinajstić information content (AvgIpc) is 2.17. The minimum atomic E-state index is -3.00. The van der Waals surface area contributed by atoms with E-state index < -0.39 is 22.8 Å². The molecule has 0 radical (unpaired) electrons. The molecule has 1 rings (SSSR count). The molecule has 0 aliphatic rings. The van der Waals surface area contributed by atoms with E-state index in [1.54, 1.807) is 30.3 Å². The zero-order chi connectivity index (χ0) is 12.3. The molecule has 0 amide bonds. The fourth-order valence-corrected chi connectivity index (χ4v) is 4.54. The molecule has 0 bridgehead atoms. The number of benzene rings is 1. The molecule has 86 valence electrons. The molecular weight excluding hydrogens is 290 g/mol. The summed E-state index contributed by atoms with van der Waals surface area (Å²) < 4.78 is 0. The summed E-state index contributed by atoms with van der Waals surface area (Å²) in [5, 5.41) is 17.1. The second-order valence-electron chi connectivity index (χ2n) is 3.02. The zero-order valence-electron chi connectivity index (χ0n) is 8.94. The monoisotopic (exact) mass is 298 g/mol. The van der Waals surface area contributed by atoms with Crippen LogP contribution in [0.2, 0.25) is 0 Å². The van der Waals surface area contributed by atoms with E-state index in [9.17, 15) is 14.7 Å². The fourth-order valence-electron chi connectivity index (χ4n) is 1.18. The third-order valence-corrected chi connectivity index (χ3v) is 6.75. The summed E-state index contributed by atoms with van der Waals surface area (Å²) >= 11 is 9.13. The minimum absolute atomic E-state index is 0. The van der Waals surface area contributed by atoms with Crippen LogP contribution in [0.5, 0.6) is 0 Å². The van der Waals surface area contributed by atoms with Gasteiger partial charge in [-0.15, -0.1) is 12.2 Å². The normalized spacial score (nSPS) is 15.1. The molecule has 0 aliphatic heterocycles. The van der Waals surface area contributed by atoms with Crippen LogP contribution in [0.25, 0.3) is 0 Å². The standard InChI is InChI=1S/C9H9O4PS2.Na/c10-8(11)7(9(12)13)14(15,16)6-4-2-1-3-5-6;/h1-5,7H,(H,10,11)(H,12,13)(H,15,16);/q;+1/p-1. The molecule has 2 atom stereocenters. The molecule has 17 heavy (non-hydrogen) atoms. The molecule has 2 unspecified atom stereocenters. The van der Waals surface area contributed by atoms with Crippen molar-refractivity contribution in [3.05, 3.63) is 30.3 Å². The molecule has 8 heteroatoms. The van der Waals surface area contributed by atoms with Crippen LogP contribution in [0.15, 0.2) is 30.3 Å². The van der Waals surface area contributed by atoms with Gasteiger partial charge in [0.25, 0.3) is 0 Å². The second kappa shape index (κ2) is 6.92. The SMILES string of the molecule is O=C([O-])C(C(=O)O)P(=S)(S)c1ccccc1.[Na+]. The number of carbonyl (C=O) groups excluding carboxylic acids is 1. The Morgan fingerprint density at radius 1 is 1.35 bits per heavy atom. The van der Waals surface area contributed by atoms with Gasteiger partial charge < -0.3 is 15.0 Å². The van der Waals surface area contributed by atoms with Crippen LogP contribution in [0.4, 0.5) is 0 Å². The third-order valence-electron chi connectivity index (χ3n) is 1.93. The molecule has 0 spiro atoms. The van der Waals surface area contributed by atoms with E-state index >= 15 is 0 Å². The van der Waals surface area contributed by atoms with Crippen LogP contribution in [-0.2, 0) is 21.4 Å². The van der Waals surface area contributed by atoms with Crippen molar-refractivity contribution in [1.29, 1.82) is 0 Å². The number of carbonyl (C=O) groups is 2. The van der Waals surface area contributed by atoms with Crippen molar-refractivity contribution in [1.82, 2.24) is 0 Å². The zero-order valence-corrected chi connectivity index (χ0v) is 13.5. The van der Waals surface area contributed by atoms with Crippen LogP contribution in [0.1, 0.15) is 0 Å². The van der Waals surface area contributed by atoms with Crippen molar-refractivity contribution in [3.63, 3.8) is 0 Å². The summed E-state index contributed by atoms with van der Waals surface area (Å²) in [6, 6.07) is 8.18. The van der Waals surface area contributed by atoms with Crippen molar-refractivity contribution >= 4 is 46.5 Å². The van der Waals surface area contributed by atoms with E-state index in [2.05, 4.69) is 12.2 Å². The molecule has 4 nitrogen and oxygen atoms in total. The number of aliphatic carboxylic acids is 2. The molecule has 0 saturated carbocycles. The fraction of sp³-hybridized carbons (Fsp3) is 0.111. The first-order chi connectivity index (χ1) is 7.37. The largest absolute Gasteiger partial charge is 1.00 e. The van der Waals surface area contributed by atoms with Gasteiger partial charge in [0.2, 0.25) is 0 Å². The first-order valence-electron chi connectivity index (χ1n) is 4.19. The predicted octanol–water partition coefficient (Wildman–Crippen LogP) is -3.16. The van der Waals surface area contributed by atoms with Crippen LogP contribution in [-0.4, -0.2) is 22.7 Å². The molecule has 0 heterocycles. The quantitative estimate of drug-likeness (QED) is 0.266. The number of hydrogen-bond donors (Lipinski definition) is 2. The number of thiol groups is 1. The number of carboxylic acid groups (broad SMARTS) is 2. The van der Waals surface area contributed by atoms with Gasteiger partial charge >= 0.3 is 35.5 Å². The Hall–Kier alpha value is 0.160. The van der Waals surface area contributed by atoms with Gasteiger partial charge in [0, 0.05) is 0 Å². The first kappa shape index (κ1) is 17.2. The van der Waals surface area contributed by atoms with E-state index in [1.165, 1.54) is 0 Å². The maximum atomic E-state index is 10.9. The Labute approximate surface area is 131 Å². The minimum Gasteiger partial charge on any atom is -0.549 e. The van der Waals surface area contributed by atoms with Crippen molar-refractivity contribution in [2.75, 3.05) is 0 Å². The predicted molar refractivity (Wildman–Crippen MR) is 65.8 cm³/mol. The Kier molecular flexibility index (Phi) is 6.99. The molecule has 0 aromatic heterocycles. The molecular formula is C9H8NaO4PS2. The molecule has 1 aromatic rings. The number of carboxylic acids is 2. The third kappa shape index (κ3) is 4.09. The van der Waals surface area contributed by atoms with Crippen LogP contribution in [0, 0.1) is 0 Å². The van der Waals surface area contributed by atoms with Crippen molar-refractivity contribution < 1.29 is 49.4 Å². The van der Waals surface area contributed by atoms with Gasteiger partial charge in [-0.3, -0.25) is 4.79 Å². The second-order valence-corrected chi connectivity index (χ2v) is 9.73. The van der Waals surface area contributed by atoms with Crippen molar-refractivity contribution in [3.8, 4) is 0 Å². The molecule has 1 N–H and O–H groups in total. The summed E-state index contributed by atoms with van der Waals surface area (Å²) in [7, 11) is 0. The van der Waals surface area contributed by atoms with Gasteiger partial charge in [0.15, 0.2) is 0 Å². The van der Waals surface area contributed by atoms with E-state index in [1.807, 2.05) is 0 Å². The van der Waals surface area contributed by atoms with E-state index in [0.29, 0.717) is 5.30 Å². The van der Waals surface area contributed by atoms with Crippen LogP contribution >= 0.6 is 17.5 Å². The van der Waals surface area contributed by atoms with Gasteiger partial charge in [-0.2, -0.15) is 0 Å². The van der Waals surface area contributed by atoms with Crippen molar-refractivity contribution in [2.45, 2.75) is 5.66 Å². The molecule has 0 saturated heterocycles. The molecule has 0 fully saturated rings. The van der Waals surface area contributed by atoms with E-state index in [4.69, 9.17) is 16.9 Å². The first-order valence-corrected chi connectivity index (χ1v) is 8.21. The molecule has 1 aromatic carbocycles. The smallest absolute Gasteiger partial charge is 0.549 e. The van der Waals surface area contributed by atoms with Gasteiger partial charge in [-0.1, -0.05) is 42.1 Å². The van der Waals surface area contributed by atoms with E-state index in [0.717, 1.165) is 0 Å². The Bertz CT molecular complexity index is 451. The number of hydrogen-bond acceptors (Lipinski definition) is 4. The average molecular weight is 298 g/mol. The number of rotatable bonds is 4. The molecule has 0 aliphatic carbocycles. The van der Waals surface area contributed by atoms with Crippen LogP contribution in [0.3, 0.4) is 0 Å². The van der Waals surface area contributed by atoms with Gasteiger partial charge in [0.1, 0.15) is 5.66 Å². The summed E-state index contributed by atoms with van der Waals surface area (Å²) in [6.45, 7) is 0. The summed E-state index contributed by atoms with van der Waals surface area (Å²) in [5.41, 5.74) is -1.77. The topological polar surface area (TPSA) is 77.4 Å². The van der Waals surface area contributed by atoms with E-state index in [-0.39, 0.29) is 29.6 Å². The maximum Gasteiger partial charge on any atom is 1.00 e. The van der Waals surface area contributed by atoms with Gasteiger partial charge in [-0.05, 0) is 5.30 Å². The Morgan fingerprint density at radius 3 is 2.18 bits per heavy atom. The van der Waals surface area contributed by atoms with Crippen LogP contribution < -0.4 is 40.0 Å². The van der Waals surface area contributed by atoms with Gasteiger partial charge in [-0.25, -0.2) is 0 Å². The maximum absolute atomic E-state index is 10.9. The Balaban J connectivity index is 0.00000256. The summed E-state index contributed by atoms with van der Waals surface area (Å²) in [4.78, 5) is 21.6. The Morgan fingerprint density at radius 2 is 1.82 bits per heavy atom. The van der Waals surface area contributed by atoms with Crippen molar-refractivity contribution in [2.24, 2.45) is 0 Å². The van der Waals surface area contributed by atoms with Gasteiger partial charge in [0.05, 0.1) is 11.2 Å².